The van der Waals surface area contributed by atoms with Gasteiger partial charge < -0.3 is 10.4 Å². The van der Waals surface area contributed by atoms with E-state index in [-0.39, 0.29) is 19.1 Å². The first-order chi connectivity index (χ1) is 7.76. The average Bonchev–Trinajstić information content (AvgIpc) is 2.34. The highest BCUT2D eigenvalue weighted by Gasteiger charge is 1.93. The number of nitrogens with zero attached hydrogens (tertiary/aromatic N) is 1. The predicted octanol–water partition coefficient (Wildman–Crippen LogP) is 0.680. The van der Waals surface area contributed by atoms with Gasteiger partial charge in [0.1, 0.15) is 0 Å². The molecule has 0 saturated carbocycles. The molecule has 1 aromatic rings. The van der Waals surface area contributed by atoms with Crippen molar-refractivity contribution in [3.05, 3.63) is 41.5 Å². The van der Waals surface area contributed by atoms with Crippen LogP contribution < -0.4 is 5.32 Å². The van der Waals surface area contributed by atoms with Gasteiger partial charge in [-0.1, -0.05) is 12.1 Å². The second kappa shape index (κ2) is 6.38. The van der Waals surface area contributed by atoms with Gasteiger partial charge in [0.2, 0.25) is 5.91 Å². The van der Waals surface area contributed by atoms with Gasteiger partial charge in [-0.15, -0.1) is 0 Å². The largest absolute Gasteiger partial charge is 0.395 e. The number of amides is 1. The van der Waals surface area contributed by atoms with Gasteiger partial charge in [0.15, 0.2) is 0 Å². The van der Waals surface area contributed by atoms with E-state index in [0.717, 1.165) is 5.56 Å². The number of carbonyl (C=O) groups is 1. The quantitative estimate of drug-likeness (QED) is 0.727. The molecule has 0 radical (unpaired) electrons. The van der Waals surface area contributed by atoms with Crippen LogP contribution in [0.25, 0.3) is 6.08 Å². The molecule has 4 nitrogen and oxygen atoms in total. The molecule has 0 spiro atoms. The highest BCUT2D eigenvalue weighted by molar-refractivity contribution is 5.91. The van der Waals surface area contributed by atoms with E-state index in [4.69, 9.17) is 10.4 Å². The van der Waals surface area contributed by atoms with Crippen LogP contribution in [0.15, 0.2) is 30.3 Å². The van der Waals surface area contributed by atoms with Crippen LogP contribution in [0.3, 0.4) is 0 Å². The summed E-state index contributed by atoms with van der Waals surface area (Å²) in [6.07, 6.45) is 3.03. The lowest BCUT2D eigenvalue weighted by molar-refractivity contribution is -0.116. The summed E-state index contributed by atoms with van der Waals surface area (Å²) in [5.74, 6) is -0.251. The lowest BCUT2D eigenvalue weighted by Gasteiger charge is -1.97. The van der Waals surface area contributed by atoms with Gasteiger partial charge in [-0.2, -0.15) is 5.26 Å². The van der Waals surface area contributed by atoms with Gasteiger partial charge in [0, 0.05) is 12.6 Å². The number of aliphatic hydroxyl groups excluding tert-OH is 1. The van der Waals surface area contributed by atoms with Crippen LogP contribution in [0, 0.1) is 11.3 Å². The fraction of sp³-hybridized carbons (Fsp3) is 0.167. The number of rotatable bonds is 4. The highest BCUT2D eigenvalue weighted by Crippen LogP contribution is 2.04. The number of benzene rings is 1. The Bertz CT molecular complexity index is 416. The maximum atomic E-state index is 11.1. The monoisotopic (exact) mass is 216 g/mol. The van der Waals surface area contributed by atoms with Gasteiger partial charge in [-0.05, 0) is 23.8 Å². The summed E-state index contributed by atoms with van der Waals surface area (Å²) in [4.78, 5) is 11.1. The number of hydrogen-bond acceptors (Lipinski definition) is 3. The number of hydrogen-bond donors (Lipinski definition) is 2. The van der Waals surface area contributed by atoms with Crippen LogP contribution in [0.2, 0.25) is 0 Å². The zero-order chi connectivity index (χ0) is 11.8. The third kappa shape index (κ3) is 3.95. The molecule has 1 rings (SSSR count). The van der Waals surface area contributed by atoms with E-state index >= 15 is 0 Å². The molecule has 0 aliphatic heterocycles. The third-order valence-corrected chi connectivity index (χ3v) is 1.88. The normalized spacial score (nSPS) is 10.0. The number of aliphatic hydroxyl groups is 1. The summed E-state index contributed by atoms with van der Waals surface area (Å²) in [5.41, 5.74) is 1.43. The smallest absolute Gasteiger partial charge is 0.244 e. The van der Waals surface area contributed by atoms with Crippen molar-refractivity contribution in [3.63, 3.8) is 0 Å². The summed E-state index contributed by atoms with van der Waals surface area (Å²) in [6.45, 7) is 0.174. The number of nitrogens with one attached hydrogen (secondary N) is 1. The fourth-order valence-corrected chi connectivity index (χ4v) is 1.08. The molecule has 16 heavy (non-hydrogen) atoms. The summed E-state index contributed by atoms with van der Waals surface area (Å²) < 4.78 is 0. The predicted molar refractivity (Wildman–Crippen MR) is 60.3 cm³/mol. The van der Waals surface area contributed by atoms with Crippen LogP contribution >= 0.6 is 0 Å². The Morgan fingerprint density at radius 1 is 1.44 bits per heavy atom. The van der Waals surface area contributed by atoms with Gasteiger partial charge in [0.25, 0.3) is 0 Å². The first-order valence-corrected chi connectivity index (χ1v) is 4.83. The SMILES string of the molecule is N#Cc1ccc(/C=C/C(=O)NCCO)cc1. The van der Waals surface area contributed by atoms with E-state index in [0.29, 0.717) is 5.56 Å². The van der Waals surface area contributed by atoms with E-state index in [1.165, 1.54) is 6.08 Å². The third-order valence-electron chi connectivity index (χ3n) is 1.88. The highest BCUT2D eigenvalue weighted by atomic mass is 16.3. The molecule has 0 heterocycles. The zero-order valence-corrected chi connectivity index (χ0v) is 8.68. The first kappa shape index (κ1) is 12.0. The van der Waals surface area contributed by atoms with Crippen LogP contribution in [-0.4, -0.2) is 24.2 Å². The lowest BCUT2D eigenvalue weighted by atomic mass is 10.1. The Morgan fingerprint density at radius 2 is 2.12 bits per heavy atom. The Labute approximate surface area is 93.8 Å². The molecule has 1 amide bonds. The Kier molecular flexibility index (Phi) is 4.77. The Morgan fingerprint density at radius 3 is 2.69 bits per heavy atom. The molecule has 4 heteroatoms. The van der Waals surface area contributed by atoms with Gasteiger partial charge in [-0.25, -0.2) is 0 Å². The van der Waals surface area contributed by atoms with Crippen molar-refractivity contribution in [1.82, 2.24) is 5.32 Å². The molecule has 0 unspecified atom stereocenters. The van der Waals surface area contributed by atoms with Crippen molar-refractivity contribution in [2.45, 2.75) is 0 Å². The van der Waals surface area contributed by atoms with Crippen molar-refractivity contribution < 1.29 is 9.90 Å². The zero-order valence-electron chi connectivity index (χ0n) is 8.68. The van der Waals surface area contributed by atoms with E-state index in [1.54, 1.807) is 30.3 Å². The summed E-state index contributed by atoms with van der Waals surface area (Å²) >= 11 is 0. The fourth-order valence-electron chi connectivity index (χ4n) is 1.08. The van der Waals surface area contributed by atoms with Gasteiger partial charge >= 0.3 is 0 Å². The number of nitriles is 1. The summed E-state index contributed by atoms with van der Waals surface area (Å²) in [5, 5.41) is 19.6. The topological polar surface area (TPSA) is 73.1 Å². The second-order valence-corrected chi connectivity index (χ2v) is 3.08. The lowest BCUT2D eigenvalue weighted by Crippen LogP contribution is -2.24. The van der Waals surface area contributed by atoms with Crippen molar-refractivity contribution in [3.8, 4) is 6.07 Å². The standard InChI is InChI=1S/C12H12N2O2/c13-9-11-3-1-10(2-4-11)5-6-12(16)14-7-8-15/h1-6,15H,7-8H2,(H,14,16)/b6-5+. The maximum absolute atomic E-state index is 11.1. The minimum Gasteiger partial charge on any atom is -0.395 e. The van der Waals surface area contributed by atoms with Gasteiger partial charge in [0.05, 0.1) is 18.2 Å². The summed E-state index contributed by atoms with van der Waals surface area (Å²) in [6, 6.07) is 8.90. The van der Waals surface area contributed by atoms with Crippen LogP contribution in [-0.2, 0) is 4.79 Å². The van der Waals surface area contributed by atoms with Gasteiger partial charge in [-0.3, -0.25) is 4.79 Å². The molecular weight excluding hydrogens is 204 g/mol. The molecule has 0 aliphatic carbocycles. The average molecular weight is 216 g/mol. The van der Waals surface area contributed by atoms with Crippen molar-refractivity contribution >= 4 is 12.0 Å². The second-order valence-electron chi connectivity index (χ2n) is 3.08. The Hall–Kier alpha value is -2.12. The van der Waals surface area contributed by atoms with Crippen LogP contribution in [0.4, 0.5) is 0 Å². The van der Waals surface area contributed by atoms with Crippen molar-refractivity contribution in [2.24, 2.45) is 0 Å². The minimum absolute atomic E-state index is 0.0730. The molecule has 1 aromatic carbocycles. The molecule has 0 fully saturated rings. The first-order valence-electron chi connectivity index (χ1n) is 4.83. The molecule has 0 atom stereocenters. The molecular formula is C12H12N2O2. The van der Waals surface area contributed by atoms with E-state index in [2.05, 4.69) is 5.32 Å². The van der Waals surface area contributed by atoms with Crippen molar-refractivity contribution in [2.75, 3.05) is 13.2 Å². The van der Waals surface area contributed by atoms with Crippen LogP contribution in [0.1, 0.15) is 11.1 Å². The molecule has 0 aliphatic rings. The molecule has 0 bridgehead atoms. The minimum atomic E-state index is -0.251. The number of carbonyl (C=O) groups excluding carboxylic acids is 1. The molecule has 0 saturated heterocycles. The van der Waals surface area contributed by atoms with E-state index < -0.39 is 0 Å². The maximum Gasteiger partial charge on any atom is 0.244 e. The molecule has 0 aromatic heterocycles. The molecule has 82 valence electrons. The van der Waals surface area contributed by atoms with E-state index in [9.17, 15) is 4.79 Å². The molecule has 2 N–H and O–H groups in total. The van der Waals surface area contributed by atoms with Crippen LogP contribution in [0.5, 0.6) is 0 Å². The van der Waals surface area contributed by atoms with Crippen molar-refractivity contribution in [1.29, 1.82) is 5.26 Å². The summed E-state index contributed by atoms with van der Waals surface area (Å²) in [7, 11) is 0. The van der Waals surface area contributed by atoms with E-state index in [1.807, 2.05) is 6.07 Å². The Balaban J connectivity index is 2.56.